The summed E-state index contributed by atoms with van der Waals surface area (Å²) in [5, 5.41) is 49.6. The summed E-state index contributed by atoms with van der Waals surface area (Å²) in [7, 11) is 0. The van der Waals surface area contributed by atoms with Crippen LogP contribution in [0.5, 0.6) is 0 Å². The molecule has 0 aliphatic rings. The molecule has 0 aliphatic heterocycles. The van der Waals surface area contributed by atoms with Gasteiger partial charge in [0.15, 0.2) is 5.60 Å². The molecule has 0 aromatic carbocycles. The van der Waals surface area contributed by atoms with E-state index < -0.39 is 36.4 Å². The number of carbonyl (C=O) groups is 3. The third kappa shape index (κ3) is 9.14. The third-order valence-corrected chi connectivity index (χ3v) is 5.29. The molecule has 2 aromatic heterocycles. The molecule has 12 heteroatoms. The molecule has 0 atom stereocenters. The van der Waals surface area contributed by atoms with Crippen LogP contribution in [0.4, 0.5) is 0 Å². The van der Waals surface area contributed by atoms with E-state index in [1.807, 2.05) is 11.6 Å². The molecule has 0 aliphatic carbocycles. The number of thiophene rings is 1. The van der Waals surface area contributed by atoms with E-state index in [0.29, 0.717) is 6.54 Å². The Labute approximate surface area is 189 Å². The molecule has 2 rings (SSSR count). The van der Waals surface area contributed by atoms with Crippen molar-refractivity contribution in [1.29, 1.82) is 0 Å². The molecule has 0 amide bonds. The van der Waals surface area contributed by atoms with E-state index in [0.717, 1.165) is 25.3 Å². The maximum Gasteiger partial charge on any atom is 0.336 e. The van der Waals surface area contributed by atoms with Gasteiger partial charge in [-0.25, -0.2) is 4.79 Å². The lowest BCUT2D eigenvalue weighted by Crippen LogP contribution is -2.42. The van der Waals surface area contributed by atoms with Gasteiger partial charge in [0.05, 0.1) is 25.1 Å². The molecular weight excluding hydrogens is 442 g/mol. The third-order valence-electron chi connectivity index (χ3n) is 4.43. The summed E-state index contributed by atoms with van der Waals surface area (Å²) in [5.41, 5.74) is -0.416. The zero-order valence-electron chi connectivity index (χ0n) is 18.0. The van der Waals surface area contributed by atoms with Gasteiger partial charge in [0, 0.05) is 42.8 Å². The fourth-order valence-electron chi connectivity index (χ4n) is 2.81. The standard InChI is InChI=1S/C14H21N3OS.C6H8O7/c1-3-17-10-13(12(2)15-17)9-16(6-7-18)11-14-5-4-8-19-14;7-3(8)1-6(13,5(11)12)2-4(9)10/h4-5,8,10,18H,3,6-7,9,11H2,1-2H3;13H,1-2H2,(H,7,8)(H,9,10)(H,11,12). The quantitative estimate of drug-likeness (QED) is 0.301. The minimum absolute atomic E-state index is 0.187. The number of carboxylic acids is 3. The molecule has 0 spiro atoms. The first-order valence-corrected chi connectivity index (χ1v) is 10.7. The SMILES string of the molecule is CCn1cc(CN(CCO)Cc2cccs2)c(C)n1.O=C(O)CC(O)(CC(=O)O)C(=O)O. The highest BCUT2D eigenvalue weighted by atomic mass is 32.1. The van der Waals surface area contributed by atoms with Crippen molar-refractivity contribution in [2.24, 2.45) is 0 Å². The van der Waals surface area contributed by atoms with Crippen LogP contribution in [-0.4, -0.2) is 76.9 Å². The van der Waals surface area contributed by atoms with E-state index in [1.165, 1.54) is 10.4 Å². The lowest BCUT2D eigenvalue weighted by molar-refractivity contribution is -0.170. The van der Waals surface area contributed by atoms with Crippen LogP contribution in [0, 0.1) is 6.92 Å². The van der Waals surface area contributed by atoms with Crippen LogP contribution in [-0.2, 0) is 34.0 Å². The highest BCUT2D eigenvalue weighted by Gasteiger charge is 2.40. The monoisotopic (exact) mass is 471 g/mol. The zero-order valence-corrected chi connectivity index (χ0v) is 18.8. The average molecular weight is 472 g/mol. The number of aliphatic carboxylic acids is 3. The van der Waals surface area contributed by atoms with Crippen LogP contribution in [0.15, 0.2) is 23.7 Å². The maximum atomic E-state index is 10.3. The van der Waals surface area contributed by atoms with Gasteiger partial charge in [-0.15, -0.1) is 11.3 Å². The molecule has 2 heterocycles. The highest BCUT2D eigenvalue weighted by Crippen LogP contribution is 2.16. The molecule has 32 heavy (non-hydrogen) atoms. The Morgan fingerprint density at radius 3 is 2.19 bits per heavy atom. The van der Waals surface area contributed by atoms with Crippen molar-refractivity contribution in [2.75, 3.05) is 13.2 Å². The Balaban J connectivity index is 0.000000347. The van der Waals surface area contributed by atoms with Crippen LogP contribution in [0.2, 0.25) is 0 Å². The Kier molecular flexibility index (Phi) is 11.0. The highest BCUT2D eigenvalue weighted by molar-refractivity contribution is 7.09. The van der Waals surface area contributed by atoms with Crippen LogP contribution in [0.3, 0.4) is 0 Å². The Morgan fingerprint density at radius 2 is 1.78 bits per heavy atom. The molecule has 5 N–H and O–H groups in total. The van der Waals surface area contributed by atoms with Gasteiger partial charge in [0.25, 0.3) is 0 Å². The number of aromatic nitrogens is 2. The normalized spacial score (nSPS) is 11.2. The number of aliphatic hydroxyl groups excluding tert-OH is 1. The van der Waals surface area contributed by atoms with Crippen molar-refractivity contribution in [3.63, 3.8) is 0 Å². The molecule has 178 valence electrons. The predicted octanol–water partition coefficient (Wildman–Crippen LogP) is 1.02. The molecule has 11 nitrogen and oxygen atoms in total. The summed E-state index contributed by atoms with van der Waals surface area (Å²) in [6, 6.07) is 4.20. The second kappa shape index (κ2) is 12.9. The predicted molar refractivity (Wildman–Crippen MR) is 115 cm³/mol. The Bertz CT molecular complexity index is 866. The average Bonchev–Trinajstić information content (AvgIpc) is 3.31. The molecule has 0 unspecified atom stereocenters. The lowest BCUT2D eigenvalue weighted by atomic mass is 9.96. The van der Waals surface area contributed by atoms with Crippen LogP contribution >= 0.6 is 11.3 Å². The number of hydrogen-bond donors (Lipinski definition) is 5. The lowest BCUT2D eigenvalue weighted by Gasteiger charge is -2.20. The topological polar surface area (TPSA) is 173 Å². The summed E-state index contributed by atoms with van der Waals surface area (Å²) in [4.78, 5) is 34.1. The number of rotatable bonds is 12. The molecule has 0 saturated carbocycles. The van der Waals surface area contributed by atoms with Gasteiger partial charge in [-0.05, 0) is 25.3 Å². The van der Waals surface area contributed by atoms with Crippen molar-refractivity contribution in [1.82, 2.24) is 14.7 Å². The molecular formula is C20H29N3O8S. The van der Waals surface area contributed by atoms with E-state index in [4.69, 9.17) is 20.4 Å². The van der Waals surface area contributed by atoms with E-state index in [9.17, 15) is 19.5 Å². The fraction of sp³-hybridized carbons (Fsp3) is 0.500. The van der Waals surface area contributed by atoms with Crippen molar-refractivity contribution >= 4 is 29.2 Å². The van der Waals surface area contributed by atoms with Gasteiger partial charge >= 0.3 is 17.9 Å². The Morgan fingerprint density at radius 1 is 1.16 bits per heavy atom. The zero-order chi connectivity index (χ0) is 24.3. The number of aliphatic hydroxyl groups is 2. The fourth-order valence-corrected chi connectivity index (χ4v) is 3.56. The number of nitrogens with zero attached hydrogens (tertiary/aromatic N) is 3. The van der Waals surface area contributed by atoms with Gasteiger partial charge in [0.1, 0.15) is 0 Å². The van der Waals surface area contributed by atoms with Gasteiger partial charge in [-0.2, -0.15) is 5.10 Å². The maximum absolute atomic E-state index is 10.3. The first-order valence-electron chi connectivity index (χ1n) is 9.78. The summed E-state index contributed by atoms with van der Waals surface area (Å²) in [6.07, 6.45) is -0.183. The molecule has 0 fully saturated rings. The summed E-state index contributed by atoms with van der Waals surface area (Å²) in [5.74, 6) is -5.02. The second-order valence-electron chi connectivity index (χ2n) is 7.09. The summed E-state index contributed by atoms with van der Waals surface area (Å²) < 4.78 is 1.97. The van der Waals surface area contributed by atoms with Gasteiger partial charge in [-0.1, -0.05) is 6.07 Å². The first kappa shape index (κ1) is 27.2. The minimum Gasteiger partial charge on any atom is -0.481 e. The van der Waals surface area contributed by atoms with E-state index in [1.54, 1.807) is 11.3 Å². The van der Waals surface area contributed by atoms with Crippen molar-refractivity contribution in [3.05, 3.63) is 39.8 Å². The summed E-state index contributed by atoms with van der Waals surface area (Å²) >= 11 is 1.76. The summed E-state index contributed by atoms with van der Waals surface area (Å²) in [6.45, 7) is 7.63. The molecule has 0 radical (unpaired) electrons. The first-order chi connectivity index (χ1) is 15.0. The second-order valence-corrected chi connectivity index (χ2v) is 8.12. The van der Waals surface area contributed by atoms with Gasteiger partial charge in [-0.3, -0.25) is 19.2 Å². The molecule has 0 saturated heterocycles. The van der Waals surface area contributed by atoms with E-state index in [2.05, 4.69) is 40.6 Å². The largest absolute Gasteiger partial charge is 0.481 e. The Hall–Kier alpha value is -2.80. The van der Waals surface area contributed by atoms with E-state index >= 15 is 0 Å². The van der Waals surface area contributed by atoms with Crippen LogP contribution in [0.1, 0.15) is 35.9 Å². The number of carboxylic acid groups (broad SMARTS) is 3. The smallest absolute Gasteiger partial charge is 0.336 e. The van der Waals surface area contributed by atoms with Crippen molar-refractivity contribution in [2.45, 2.75) is 51.9 Å². The molecule has 0 bridgehead atoms. The van der Waals surface area contributed by atoms with Gasteiger partial charge in [0.2, 0.25) is 0 Å². The van der Waals surface area contributed by atoms with Crippen molar-refractivity contribution < 1.29 is 39.9 Å². The number of hydrogen-bond acceptors (Lipinski definition) is 8. The van der Waals surface area contributed by atoms with Crippen molar-refractivity contribution in [3.8, 4) is 0 Å². The van der Waals surface area contributed by atoms with Gasteiger partial charge < -0.3 is 25.5 Å². The molecule has 2 aromatic rings. The minimum atomic E-state index is -2.74. The van der Waals surface area contributed by atoms with Crippen LogP contribution < -0.4 is 0 Å². The van der Waals surface area contributed by atoms with E-state index in [-0.39, 0.29) is 6.61 Å². The van der Waals surface area contributed by atoms with Crippen LogP contribution in [0.25, 0.3) is 0 Å². The number of aryl methyl sites for hydroxylation is 2.